The molecule has 4 heteroatoms. The predicted octanol–water partition coefficient (Wildman–Crippen LogP) is 3.17. The van der Waals surface area contributed by atoms with Crippen molar-refractivity contribution >= 4 is 5.97 Å². The molecule has 0 radical (unpaired) electrons. The first kappa shape index (κ1) is 15.7. The minimum atomic E-state index is -0.776. The number of carbonyl (C=O) groups is 1. The first-order valence-electron chi connectivity index (χ1n) is 7.88. The lowest BCUT2D eigenvalue weighted by Gasteiger charge is -2.16. The molecule has 0 bridgehead atoms. The fourth-order valence-electron chi connectivity index (χ4n) is 3.30. The lowest BCUT2D eigenvalue weighted by Crippen LogP contribution is -2.25. The summed E-state index contributed by atoms with van der Waals surface area (Å²) in [4.78, 5) is 13.8. The van der Waals surface area contributed by atoms with Gasteiger partial charge in [0, 0.05) is 25.6 Å². The van der Waals surface area contributed by atoms with Crippen LogP contribution in [0.3, 0.4) is 0 Å². The summed E-state index contributed by atoms with van der Waals surface area (Å²) in [6.07, 6.45) is 0.906. The second-order valence-electron chi connectivity index (χ2n) is 6.10. The molecular weight excluding hydrogens is 293 g/mol. The van der Waals surface area contributed by atoms with Gasteiger partial charge in [0.05, 0.1) is 5.92 Å². The monoisotopic (exact) mass is 313 g/mol. The van der Waals surface area contributed by atoms with E-state index < -0.39 is 11.9 Å². The van der Waals surface area contributed by atoms with Crippen molar-refractivity contribution in [3.05, 3.63) is 71.5 Å². The Morgan fingerprint density at radius 1 is 1.09 bits per heavy atom. The van der Waals surface area contributed by atoms with Crippen LogP contribution in [0, 0.1) is 11.7 Å². The largest absolute Gasteiger partial charge is 0.481 e. The summed E-state index contributed by atoms with van der Waals surface area (Å²) >= 11 is 0. The lowest BCUT2D eigenvalue weighted by atomic mass is 9.89. The van der Waals surface area contributed by atoms with Gasteiger partial charge in [-0.2, -0.15) is 0 Å². The maximum Gasteiger partial charge on any atom is 0.308 e. The van der Waals surface area contributed by atoms with E-state index in [0.717, 1.165) is 18.5 Å². The number of hydrogen-bond acceptors (Lipinski definition) is 2. The van der Waals surface area contributed by atoms with Crippen LogP contribution in [0.25, 0.3) is 0 Å². The Morgan fingerprint density at radius 3 is 2.43 bits per heavy atom. The molecule has 1 aliphatic heterocycles. The van der Waals surface area contributed by atoms with Crippen LogP contribution in [-0.2, 0) is 11.2 Å². The maximum absolute atomic E-state index is 13.1. The first-order chi connectivity index (χ1) is 11.1. The summed E-state index contributed by atoms with van der Waals surface area (Å²) < 4.78 is 13.1. The van der Waals surface area contributed by atoms with E-state index in [2.05, 4.69) is 17.0 Å². The van der Waals surface area contributed by atoms with Gasteiger partial charge in [-0.25, -0.2) is 4.39 Å². The Balaban J connectivity index is 1.68. The zero-order valence-electron chi connectivity index (χ0n) is 12.9. The standard InChI is InChI=1S/C19H20FNO2/c20-16-8-6-15(7-9-16)17-12-21(13-18(17)19(22)23)11-10-14-4-2-1-3-5-14/h1-9,17-18H,10-13H2,(H,22,23). The first-order valence-corrected chi connectivity index (χ1v) is 7.88. The molecule has 1 saturated heterocycles. The van der Waals surface area contributed by atoms with E-state index in [1.54, 1.807) is 12.1 Å². The molecule has 1 heterocycles. The summed E-state index contributed by atoms with van der Waals surface area (Å²) in [5.74, 6) is -1.58. The highest BCUT2D eigenvalue weighted by Crippen LogP contribution is 2.33. The van der Waals surface area contributed by atoms with Gasteiger partial charge in [0.15, 0.2) is 0 Å². The molecule has 2 aromatic rings. The molecule has 3 rings (SSSR count). The summed E-state index contributed by atoms with van der Waals surface area (Å²) in [6, 6.07) is 16.4. The highest BCUT2D eigenvalue weighted by Gasteiger charge is 2.38. The number of nitrogens with zero attached hydrogens (tertiary/aromatic N) is 1. The van der Waals surface area contributed by atoms with E-state index in [0.29, 0.717) is 13.1 Å². The molecule has 0 spiro atoms. The molecule has 0 amide bonds. The molecule has 1 aliphatic rings. The minimum Gasteiger partial charge on any atom is -0.481 e. The van der Waals surface area contributed by atoms with Gasteiger partial charge in [0.1, 0.15) is 5.82 Å². The predicted molar refractivity (Wildman–Crippen MR) is 86.9 cm³/mol. The average Bonchev–Trinajstić information content (AvgIpc) is 2.99. The van der Waals surface area contributed by atoms with E-state index in [1.807, 2.05) is 18.2 Å². The molecular formula is C19H20FNO2. The second kappa shape index (κ2) is 6.92. The molecule has 2 unspecified atom stereocenters. The maximum atomic E-state index is 13.1. The van der Waals surface area contributed by atoms with Crippen LogP contribution in [-0.4, -0.2) is 35.6 Å². The normalized spacial score (nSPS) is 21.4. The van der Waals surface area contributed by atoms with E-state index in [1.165, 1.54) is 17.7 Å². The molecule has 120 valence electrons. The fraction of sp³-hybridized carbons (Fsp3) is 0.316. The van der Waals surface area contributed by atoms with Gasteiger partial charge in [-0.1, -0.05) is 42.5 Å². The third kappa shape index (κ3) is 3.77. The van der Waals surface area contributed by atoms with Crippen molar-refractivity contribution in [2.24, 2.45) is 5.92 Å². The molecule has 0 saturated carbocycles. The molecule has 1 N–H and O–H groups in total. The number of carboxylic acids is 1. The van der Waals surface area contributed by atoms with Gasteiger partial charge in [-0.05, 0) is 29.7 Å². The van der Waals surface area contributed by atoms with Gasteiger partial charge >= 0.3 is 5.97 Å². The van der Waals surface area contributed by atoms with Crippen molar-refractivity contribution in [1.29, 1.82) is 0 Å². The zero-order chi connectivity index (χ0) is 16.2. The Morgan fingerprint density at radius 2 is 1.78 bits per heavy atom. The average molecular weight is 313 g/mol. The Hall–Kier alpha value is -2.20. The van der Waals surface area contributed by atoms with Crippen molar-refractivity contribution in [3.8, 4) is 0 Å². The summed E-state index contributed by atoms with van der Waals surface area (Å²) in [5, 5.41) is 9.50. The van der Waals surface area contributed by atoms with E-state index in [9.17, 15) is 14.3 Å². The van der Waals surface area contributed by atoms with Crippen LogP contribution < -0.4 is 0 Å². The van der Waals surface area contributed by atoms with Gasteiger partial charge in [-0.3, -0.25) is 4.79 Å². The SMILES string of the molecule is O=C(O)C1CN(CCc2ccccc2)CC1c1ccc(F)cc1. The Bertz CT molecular complexity index is 657. The Kier molecular flexibility index (Phi) is 4.72. The van der Waals surface area contributed by atoms with Crippen molar-refractivity contribution in [1.82, 2.24) is 4.90 Å². The summed E-state index contributed by atoms with van der Waals surface area (Å²) in [6.45, 7) is 2.09. The highest BCUT2D eigenvalue weighted by molar-refractivity contribution is 5.72. The van der Waals surface area contributed by atoms with Crippen LogP contribution in [0.1, 0.15) is 17.0 Å². The topological polar surface area (TPSA) is 40.5 Å². The van der Waals surface area contributed by atoms with E-state index in [-0.39, 0.29) is 11.7 Å². The molecule has 23 heavy (non-hydrogen) atoms. The summed E-state index contributed by atoms with van der Waals surface area (Å²) in [7, 11) is 0. The highest BCUT2D eigenvalue weighted by atomic mass is 19.1. The second-order valence-corrected chi connectivity index (χ2v) is 6.10. The van der Waals surface area contributed by atoms with Crippen molar-refractivity contribution in [3.63, 3.8) is 0 Å². The molecule has 2 atom stereocenters. The van der Waals surface area contributed by atoms with Crippen LogP contribution >= 0.6 is 0 Å². The number of aliphatic carboxylic acids is 1. The third-order valence-electron chi connectivity index (χ3n) is 4.57. The molecule has 0 aromatic heterocycles. The number of rotatable bonds is 5. The van der Waals surface area contributed by atoms with Gasteiger partial charge < -0.3 is 10.0 Å². The Labute approximate surface area is 135 Å². The van der Waals surface area contributed by atoms with E-state index >= 15 is 0 Å². The summed E-state index contributed by atoms with van der Waals surface area (Å²) in [5.41, 5.74) is 2.16. The molecule has 1 fully saturated rings. The van der Waals surface area contributed by atoms with Crippen molar-refractivity contribution in [2.75, 3.05) is 19.6 Å². The smallest absolute Gasteiger partial charge is 0.308 e. The van der Waals surface area contributed by atoms with Crippen LogP contribution in [0.2, 0.25) is 0 Å². The number of hydrogen-bond donors (Lipinski definition) is 1. The zero-order valence-corrected chi connectivity index (χ0v) is 12.9. The molecule has 2 aromatic carbocycles. The van der Waals surface area contributed by atoms with Crippen LogP contribution in [0.5, 0.6) is 0 Å². The van der Waals surface area contributed by atoms with Crippen LogP contribution in [0.4, 0.5) is 4.39 Å². The third-order valence-corrected chi connectivity index (χ3v) is 4.57. The lowest BCUT2D eigenvalue weighted by molar-refractivity contribution is -0.141. The van der Waals surface area contributed by atoms with Crippen molar-refractivity contribution in [2.45, 2.75) is 12.3 Å². The fourth-order valence-corrected chi connectivity index (χ4v) is 3.30. The van der Waals surface area contributed by atoms with E-state index in [4.69, 9.17) is 0 Å². The molecule has 0 aliphatic carbocycles. The van der Waals surface area contributed by atoms with Crippen molar-refractivity contribution < 1.29 is 14.3 Å². The minimum absolute atomic E-state index is 0.0797. The number of halogens is 1. The quantitative estimate of drug-likeness (QED) is 0.922. The van der Waals surface area contributed by atoms with Gasteiger partial charge in [0.25, 0.3) is 0 Å². The number of benzene rings is 2. The van der Waals surface area contributed by atoms with Crippen LogP contribution in [0.15, 0.2) is 54.6 Å². The van der Waals surface area contributed by atoms with Gasteiger partial charge in [-0.15, -0.1) is 0 Å². The number of carboxylic acid groups (broad SMARTS) is 1. The number of likely N-dealkylation sites (tertiary alicyclic amines) is 1. The van der Waals surface area contributed by atoms with Gasteiger partial charge in [0.2, 0.25) is 0 Å². The molecule has 3 nitrogen and oxygen atoms in total.